The molecule has 4 heteroatoms. The highest BCUT2D eigenvalue weighted by molar-refractivity contribution is 9.09. The molecule has 0 aromatic heterocycles. The molecular formula is C12H15BrO3. The fourth-order valence-corrected chi connectivity index (χ4v) is 1.04. The first kappa shape index (κ1) is 14.9. The highest BCUT2D eigenvalue weighted by atomic mass is 79.9. The topological polar surface area (TPSA) is 57.5 Å². The van der Waals surface area contributed by atoms with E-state index in [1.165, 1.54) is 0 Å². The second-order valence-corrected chi connectivity index (χ2v) is 3.64. The Labute approximate surface area is 104 Å². The first-order chi connectivity index (χ1) is 7.70. The van der Waals surface area contributed by atoms with Crippen LogP contribution in [0, 0.1) is 0 Å². The van der Waals surface area contributed by atoms with Gasteiger partial charge in [0.15, 0.2) is 0 Å². The van der Waals surface area contributed by atoms with E-state index >= 15 is 0 Å². The van der Waals surface area contributed by atoms with Crippen molar-refractivity contribution in [3.05, 3.63) is 42.0 Å². The van der Waals surface area contributed by atoms with E-state index in [9.17, 15) is 4.79 Å². The van der Waals surface area contributed by atoms with Crippen molar-refractivity contribution in [2.45, 2.75) is 6.42 Å². The molecule has 1 aromatic rings. The molecule has 1 rings (SSSR count). The summed E-state index contributed by atoms with van der Waals surface area (Å²) in [7, 11) is 0. The minimum Gasteiger partial charge on any atom is -0.478 e. The lowest BCUT2D eigenvalue weighted by Gasteiger charge is -1.87. The van der Waals surface area contributed by atoms with Crippen LogP contribution in [0.3, 0.4) is 0 Å². The predicted octanol–water partition coefficient (Wildman–Crippen LogP) is 2.55. The van der Waals surface area contributed by atoms with Crippen molar-refractivity contribution in [3.63, 3.8) is 0 Å². The maximum Gasteiger partial charge on any atom is 0.328 e. The number of benzene rings is 1. The Bertz CT molecular complexity index is 307. The van der Waals surface area contributed by atoms with Crippen molar-refractivity contribution < 1.29 is 15.0 Å². The summed E-state index contributed by atoms with van der Waals surface area (Å²) in [6, 6.07) is 9.31. The Morgan fingerprint density at radius 1 is 1.31 bits per heavy atom. The van der Waals surface area contributed by atoms with E-state index in [-0.39, 0.29) is 0 Å². The molecule has 1 aromatic carbocycles. The SMILES string of the molecule is O=C(O)C=Cc1ccccc1.OCCCBr. The molecule has 2 N–H and O–H groups in total. The average Bonchev–Trinajstić information content (AvgIpc) is 2.30. The maximum absolute atomic E-state index is 10.1. The van der Waals surface area contributed by atoms with Gasteiger partial charge in [0.1, 0.15) is 0 Å². The maximum atomic E-state index is 10.1. The smallest absolute Gasteiger partial charge is 0.328 e. The summed E-state index contributed by atoms with van der Waals surface area (Å²) in [5.41, 5.74) is 0.898. The summed E-state index contributed by atoms with van der Waals surface area (Å²) < 4.78 is 0. The van der Waals surface area contributed by atoms with Gasteiger partial charge in [0.2, 0.25) is 0 Å². The van der Waals surface area contributed by atoms with Gasteiger partial charge in [-0.3, -0.25) is 0 Å². The summed E-state index contributed by atoms with van der Waals surface area (Å²) in [4.78, 5) is 10.1. The third-order valence-corrected chi connectivity index (χ3v) is 2.07. The van der Waals surface area contributed by atoms with Gasteiger partial charge in [-0.25, -0.2) is 4.79 Å². The number of hydrogen-bond donors (Lipinski definition) is 2. The van der Waals surface area contributed by atoms with Crippen LogP contribution in [0.4, 0.5) is 0 Å². The van der Waals surface area contributed by atoms with E-state index in [2.05, 4.69) is 15.9 Å². The number of halogens is 1. The number of carboxylic acids is 1. The van der Waals surface area contributed by atoms with E-state index in [0.29, 0.717) is 6.61 Å². The number of aliphatic hydroxyl groups is 1. The van der Waals surface area contributed by atoms with Gasteiger partial charge >= 0.3 is 5.97 Å². The molecule has 0 radical (unpaired) electrons. The summed E-state index contributed by atoms with van der Waals surface area (Å²) >= 11 is 3.15. The van der Waals surface area contributed by atoms with Gasteiger partial charge in [-0.2, -0.15) is 0 Å². The normalized spacial score (nSPS) is 9.62. The second-order valence-electron chi connectivity index (χ2n) is 2.85. The molecule has 0 spiro atoms. The number of carboxylic acid groups (broad SMARTS) is 1. The zero-order valence-corrected chi connectivity index (χ0v) is 10.4. The zero-order chi connectivity index (χ0) is 12.2. The van der Waals surface area contributed by atoms with Crippen LogP contribution in [-0.4, -0.2) is 28.1 Å². The Hall–Kier alpha value is -1.13. The molecule has 0 saturated carbocycles. The third kappa shape index (κ3) is 9.43. The molecule has 3 nitrogen and oxygen atoms in total. The molecule has 0 aliphatic carbocycles. The van der Waals surface area contributed by atoms with E-state index in [4.69, 9.17) is 10.2 Å². The van der Waals surface area contributed by atoms with Gasteiger partial charge in [-0.15, -0.1) is 0 Å². The van der Waals surface area contributed by atoms with E-state index in [1.54, 1.807) is 6.08 Å². The van der Waals surface area contributed by atoms with Crippen LogP contribution in [0.5, 0.6) is 0 Å². The lowest BCUT2D eigenvalue weighted by atomic mass is 10.2. The molecule has 0 unspecified atom stereocenters. The molecule has 0 saturated heterocycles. The monoisotopic (exact) mass is 286 g/mol. The first-order valence-corrected chi connectivity index (χ1v) is 5.95. The molecule has 88 valence electrons. The van der Waals surface area contributed by atoms with Gasteiger partial charge in [-0.1, -0.05) is 46.3 Å². The van der Waals surface area contributed by atoms with E-state index in [0.717, 1.165) is 23.4 Å². The zero-order valence-electron chi connectivity index (χ0n) is 8.84. The number of aliphatic hydroxyl groups excluding tert-OH is 1. The fourth-order valence-electron chi connectivity index (χ4n) is 0.791. The Morgan fingerprint density at radius 2 is 1.94 bits per heavy atom. The highest BCUT2D eigenvalue weighted by Crippen LogP contribution is 1.99. The highest BCUT2D eigenvalue weighted by Gasteiger charge is 1.85. The van der Waals surface area contributed by atoms with Crippen molar-refractivity contribution in [1.29, 1.82) is 0 Å². The summed E-state index contributed by atoms with van der Waals surface area (Å²) in [5, 5.41) is 17.2. The number of alkyl halides is 1. The predicted molar refractivity (Wildman–Crippen MR) is 68.6 cm³/mol. The number of aliphatic carboxylic acids is 1. The number of hydrogen-bond acceptors (Lipinski definition) is 2. The van der Waals surface area contributed by atoms with Crippen LogP contribution in [0.1, 0.15) is 12.0 Å². The van der Waals surface area contributed by atoms with Crippen molar-refractivity contribution in [3.8, 4) is 0 Å². The van der Waals surface area contributed by atoms with Crippen LogP contribution in [0.25, 0.3) is 6.08 Å². The molecule has 16 heavy (non-hydrogen) atoms. The first-order valence-electron chi connectivity index (χ1n) is 4.83. The number of rotatable bonds is 4. The van der Waals surface area contributed by atoms with Gasteiger partial charge in [0.25, 0.3) is 0 Å². The second kappa shape index (κ2) is 10.4. The van der Waals surface area contributed by atoms with Crippen LogP contribution < -0.4 is 0 Å². The standard InChI is InChI=1S/C9H8O2.C3H7BrO/c10-9(11)7-6-8-4-2-1-3-5-8;4-2-1-3-5/h1-7H,(H,10,11);5H,1-3H2. The summed E-state index contributed by atoms with van der Waals surface area (Å²) in [5.74, 6) is -0.922. The summed E-state index contributed by atoms with van der Waals surface area (Å²) in [6.07, 6.45) is 3.54. The Kier molecular flexibility index (Phi) is 9.66. The molecule has 0 heterocycles. The van der Waals surface area contributed by atoms with Crippen molar-refractivity contribution in [2.75, 3.05) is 11.9 Å². The van der Waals surface area contributed by atoms with E-state index < -0.39 is 5.97 Å². The van der Waals surface area contributed by atoms with Crippen LogP contribution in [0.2, 0.25) is 0 Å². The summed E-state index contributed by atoms with van der Waals surface area (Å²) in [6.45, 7) is 0.297. The fraction of sp³-hybridized carbons (Fsp3) is 0.250. The van der Waals surface area contributed by atoms with Gasteiger partial charge in [0, 0.05) is 18.0 Å². The van der Waals surface area contributed by atoms with Gasteiger partial charge in [0.05, 0.1) is 0 Å². The molecule has 0 amide bonds. The minimum atomic E-state index is -0.922. The molecule has 0 aliphatic rings. The van der Waals surface area contributed by atoms with Gasteiger partial charge < -0.3 is 10.2 Å². The van der Waals surface area contributed by atoms with Crippen LogP contribution >= 0.6 is 15.9 Å². The lowest BCUT2D eigenvalue weighted by molar-refractivity contribution is -0.131. The molecule has 0 atom stereocenters. The molecule has 0 aliphatic heterocycles. The van der Waals surface area contributed by atoms with Crippen LogP contribution in [-0.2, 0) is 4.79 Å². The van der Waals surface area contributed by atoms with Crippen molar-refractivity contribution in [2.24, 2.45) is 0 Å². The number of carbonyl (C=O) groups is 1. The Morgan fingerprint density at radius 3 is 2.31 bits per heavy atom. The third-order valence-electron chi connectivity index (χ3n) is 1.51. The molecule has 0 bridgehead atoms. The van der Waals surface area contributed by atoms with Gasteiger partial charge in [-0.05, 0) is 18.1 Å². The van der Waals surface area contributed by atoms with Crippen LogP contribution in [0.15, 0.2) is 36.4 Å². The average molecular weight is 287 g/mol. The quantitative estimate of drug-likeness (QED) is 0.661. The lowest BCUT2D eigenvalue weighted by Crippen LogP contribution is -1.85. The van der Waals surface area contributed by atoms with E-state index in [1.807, 2.05) is 30.3 Å². The van der Waals surface area contributed by atoms with Crippen molar-refractivity contribution in [1.82, 2.24) is 0 Å². The molecule has 0 fully saturated rings. The Balaban J connectivity index is 0.000000385. The molecular weight excluding hydrogens is 272 g/mol. The van der Waals surface area contributed by atoms with Crippen molar-refractivity contribution >= 4 is 28.0 Å². The largest absolute Gasteiger partial charge is 0.478 e. The minimum absolute atomic E-state index is 0.297.